The summed E-state index contributed by atoms with van der Waals surface area (Å²) in [6.07, 6.45) is 1.63. The van der Waals surface area contributed by atoms with E-state index in [0.29, 0.717) is 5.02 Å². The van der Waals surface area contributed by atoms with Crippen molar-refractivity contribution in [1.29, 1.82) is 0 Å². The predicted octanol–water partition coefficient (Wildman–Crippen LogP) is 2.47. The third-order valence-corrected chi connectivity index (χ3v) is 3.22. The smallest absolute Gasteiger partial charge is 0.308 e. The molecule has 1 aliphatic rings. The maximum atomic E-state index is 11.2. The minimum absolute atomic E-state index is 0.120. The van der Waals surface area contributed by atoms with Crippen LogP contribution in [0.25, 0.3) is 0 Å². The molecule has 1 aliphatic heterocycles. The van der Waals surface area contributed by atoms with E-state index in [0.717, 1.165) is 24.9 Å². The third kappa shape index (κ3) is 2.36. The molecule has 1 fully saturated rings. The monoisotopic (exact) mass is 239 g/mol. The highest BCUT2D eigenvalue weighted by Gasteiger charge is 2.31. The Morgan fingerprint density at radius 1 is 1.50 bits per heavy atom. The van der Waals surface area contributed by atoms with Crippen LogP contribution >= 0.6 is 11.6 Å². The quantitative estimate of drug-likeness (QED) is 0.834. The SMILES string of the molecule is O=C(O)C1CCCNC1c1cccc(Cl)c1. The summed E-state index contributed by atoms with van der Waals surface area (Å²) in [6, 6.07) is 7.28. The van der Waals surface area contributed by atoms with E-state index in [1.54, 1.807) is 6.07 Å². The number of benzene rings is 1. The molecule has 0 radical (unpaired) electrons. The Balaban J connectivity index is 2.26. The highest BCUT2D eigenvalue weighted by Crippen LogP contribution is 2.30. The van der Waals surface area contributed by atoms with E-state index in [-0.39, 0.29) is 12.0 Å². The second kappa shape index (κ2) is 4.85. The predicted molar refractivity (Wildman–Crippen MR) is 62.6 cm³/mol. The van der Waals surface area contributed by atoms with Gasteiger partial charge in [0.25, 0.3) is 0 Å². The lowest BCUT2D eigenvalue weighted by Gasteiger charge is -2.30. The van der Waals surface area contributed by atoms with Crippen LogP contribution in [-0.2, 0) is 4.79 Å². The summed E-state index contributed by atoms with van der Waals surface area (Å²) >= 11 is 5.92. The molecule has 0 aromatic heterocycles. The Morgan fingerprint density at radius 3 is 3.00 bits per heavy atom. The van der Waals surface area contributed by atoms with Gasteiger partial charge in [0.05, 0.1) is 5.92 Å². The van der Waals surface area contributed by atoms with Crippen molar-refractivity contribution in [2.24, 2.45) is 5.92 Å². The van der Waals surface area contributed by atoms with E-state index in [9.17, 15) is 4.79 Å². The number of carboxylic acid groups (broad SMARTS) is 1. The Bertz CT molecular complexity index is 394. The van der Waals surface area contributed by atoms with Gasteiger partial charge in [0.2, 0.25) is 0 Å². The molecule has 4 heteroatoms. The summed E-state index contributed by atoms with van der Waals surface area (Å²) in [5.74, 6) is -1.09. The molecule has 86 valence electrons. The van der Waals surface area contributed by atoms with Crippen LogP contribution in [0.5, 0.6) is 0 Å². The van der Waals surface area contributed by atoms with E-state index in [2.05, 4.69) is 5.32 Å². The molecule has 1 aromatic carbocycles. The first-order chi connectivity index (χ1) is 7.68. The lowest BCUT2D eigenvalue weighted by atomic mass is 9.86. The Hall–Kier alpha value is -1.06. The maximum absolute atomic E-state index is 11.2. The van der Waals surface area contributed by atoms with Gasteiger partial charge in [0.1, 0.15) is 0 Å². The lowest BCUT2D eigenvalue weighted by Crippen LogP contribution is -2.38. The van der Waals surface area contributed by atoms with Gasteiger partial charge in [-0.15, -0.1) is 0 Å². The van der Waals surface area contributed by atoms with Crippen molar-refractivity contribution in [2.75, 3.05) is 6.54 Å². The first kappa shape index (κ1) is 11.4. The maximum Gasteiger partial charge on any atom is 0.308 e. The van der Waals surface area contributed by atoms with Crippen molar-refractivity contribution in [3.63, 3.8) is 0 Å². The van der Waals surface area contributed by atoms with Gasteiger partial charge in [-0.1, -0.05) is 23.7 Å². The van der Waals surface area contributed by atoms with Gasteiger partial charge in [-0.05, 0) is 37.1 Å². The van der Waals surface area contributed by atoms with Crippen LogP contribution in [-0.4, -0.2) is 17.6 Å². The zero-order valence-corrected chi connectivity index (χ0v) is 9.57. The van der Waals surface area contributed by atoms with E-state index >= 15 is 0 Å². The molecule has 0 aliphatic carbocycles. The number of hydrogen-bond acceptors (Lipinski definition) is 2. The van der Waals surface area contributed by atoms with Crippen LogP contribution in [0.2, 0.25) is 5.02 Å². The van der Waals surface area contributed by atoms with Crippen LogP contribution in [0.4, 0.5) is 0 Å². The first-order valence-electron chi connectivity index (χ1n) is 5.40. The molecule has 1 heterocycles. The molecule has 1 saturated heterocycles. The van der Waals surface area contributed by atoms with Crippen molar-refractivity contribution in [2.45, 2.75) is 18.9 Å². The second-order valence-corrected chi connectivity index (χ2v) is 4.51. The van der Waals surface area contributed by atoms with Crippen LogP contribution in [0.1, 0.15) is 24.4 Å². The Labute approximate surface area is 99.4 Å². The van der Waals surface area contributed by atoms with Gasteiger partial charge >= 0.3 is 5.97 Å². The van der Waals surface area contributed by atoms with Gasteiger partial charge in [0.15, 0.2) is 0 Å². The van der Waals surface area contributed by atoms with E-state index in [1.807, 2.05) is 18.2 Å². The lowest BCUT2D eigenvalue weighted by molar-refractivity contribution is -0.143. The van der Waals surface area contributed by atoms with Gasteiger partial charge in [-0.2, -0.15) is 0 Å². The minimum atomic E-state index is -0.739. The number of aliphatic carboxylic acids is 1. The van der Waals surface area contributed by atoms with E-state index in [1.165, 1.54) is 0 Å². The Kier molecular flexibility index (Phi) is 3.46. The summed E-state index contributed by atoms with van der Waals surface area (Å²) in [6.45, 7) is 0.862. The number of nitrogens with one attached hydrogen (secondary N) is 1. The summed E-state index contributed by atoms with van der Waals surface area (Å²) in [7, 11) is 0. The fourth-order valence-corrected chi connectivity index (χ4v) is 2.40. The van der Waals surface area contributed by atoms with Crippen molar-refractivity contribution in [3.05, 3.63) is 34.9 Å². The number of hydrogen-bond donors (Lipinski definition) is 2. The summed E-state index contributed by atoms with van der Waals surface area (Å²) < 4.78 is 0. The van der Waals surface area contributed by atoms with Crippen LogP contribution < -0.4 is 5.32 Å². The molecule has 2 unspecified atom stereocenters. The zero-order chi connectivity index (χ0) is 11.5. The molecule has 1 aromatic rings. The van der Waals surface area contributed by atoms with Crippen molar-refractivity contribution in [1.82, 2.24) is 5.32 Å². The second-order valence-electron chi connectivity index (χ2n) is 4.07. The van der Waals surface area contributed by atoms with Gasteiger partial charge < -0.3 is 10.4 Å². The Morgan fingerprint density at radius 2 is 2.31 bits per heavy atom. The van der Waals surface area contributed by atoms with Gasteiger partial charge in [-0.3, -0.25) is 4.79 Å². The number of halogens is 1. The molecular weight excluding hydrogens is 226 g/mol. The average molecular weight is 240 g/mol. The van der Waals surface area contributed by atoms with Crippen molar-refractivity contribution in [3.8, 4) is 0 Å². The number of carboxylic acids is 1. The van der Waals surface area contributed by atoms with Crippen molar-refractivity contribution < 1.29 is 9.90 Å². The number of carbonyl (C=O) groups is 1. The minimum Gasteiger partial charge on any atom is -0.481 e. The average Bonchev–Trinajstić information content (AvgIpc) is 2.29. The zero-order valence-electron chi connectivity index (χ0n) is 8.82. The summed E-state index contributed by atoms with van der Waals surface area (Å²) in [5.41, 5.74) is 0.958. The molecule has 0 spiro atoms. The molecule has 3 nitrogen and oxygen atoms in total. The summed E-state index contributed by atoms with van der Waals surface area (Å²) in [4.78, 5) is 11.2. The summed E-state index contributed by atoms with van der Waals surface area (Å²) in [5, 5.41) is 13.1. The van der Waals surface area contributed by atoms with Gasteiger partial charge in [0, 0.05) is 11.1 Å². The molecule has 2 N–H and O–H groups in total. The molecule has 0 saturated carbocycles. The fourth-order valence-electron chi connectivity index (χ4n) is 2.20. The molecular formula is C12H14ClNO2. The van der Waals surface area contributed by atoms with E-state index in [4.69, 9.17) is 16.7 Å². The van der Waals surface area contributed by atoms with Crippen LogP contribution in [0, 0.1) is 5.92 Å². The van der Waals surface area contributed by atoms with E-state index < -0.39 is 5.97 Å². The standard InChI is InChI=1S/C12H14ClNO2/c13-9-4-1-3-8(7-9)11-10(12(15)16)5-2-6-14-11/h1,3-4,7,10-11,14H,2,5-6H2,(H,15,16). The third-order valence-electron chi connectivity index (χ3n) is 2.98. The van der Waals surface area contributed by atoms with Crippen LogP contribution in [0.15, 0.2) is 24.3 Å². The highest BCUT2D eigenvalue weighted by molar-refractivity contribution is 6.30. The highest BCUT2D eigenvalue weighted by atomic mass is 35.5. The molecule has 2 atom stereocenters. The van der Waals surface area contributed by atoms with Crippen LogP contribution in [0.3, 0.4) is 0 Å². The molecule has 16 heavy (non-hydrogen) atoms. The van der Waals surface area contributed by atoms with Crippen molar-refractivity contribution >= 4 is 17.6 Å². The first-order valence-corrected chi connectivity index (χ1v) is 5.78. The topological polar surface area (TPSA) is 49.3 Å². The molecule has 0 amide bonds. The van der Waals surface area contributed by atoms with Gasteiger partial charge in [-0.25, -0.2) is 0 Å². The molecule has 2 rings (SSSR count). The fraction of sp³-hybridized carbons (Fsp3) is 0.417. The normalized spacial score (nSPS) is 25.3. The number of rotatable bonds is 2. The number of piperidine rings is 1. The largest absolute Gasteiger partial charge is 0.481 e. The molecule has 0 bridgehead atoms.